The summed E-state index contributed by atoms with van der Waals surface area (Å²) in [5.74, 6) is 2.81. The maximum Gasteiger partial charge on any atom is 0.169 e. The monoisotopic (exact) mass is 402 g/mol. The van der Waals surface area contributed by atoms with E-state index in [1.54, 1.807) is 28.4 Å². The molecule has 1 N–H and O–H groups in total. The molecule has 0 fully saturated rings. The first-order chi connectivity index (χ1) is 13.6. The second-order valence-electron chi connectivity index (χ2n) is 6.42. The Hall–Kier alpha value is -2.67. The molecule has 0 aliphatic carbocycles. The molecule has 3 rings (SSSR count). The molecular weight excluding hydrogens is 376 g/mol. The maximum atomic E-state index is 5.60. The fourth-order valence-corrected chi connectivity index (χ4v) is 3.89. The second-order valence-corrected chi connectivity index (χ2v) is 6.81. The quantitative estimate of drug-likeness (QED) is 0.771. The van der Waals surface area contributed by atoms with Gasteiger partial charge in [0.05, 0.1) is 34.5 Å². The molecule has 1 aliphatic heterocycles. The number of thiocarbonyl (C=S) groups is 1. The maximum absolute atomic E-state index is 5.60. The van der Waals surface area contributed by atoms with Gasteiger partial charge in [-0.25, -0.2) is 0 Å². The first-order valence-electron chi connectivity index (χ1n) is 9.03. The van der Waals surface area contributed by atoms with Crippen LogP contribution in [0.5, 0.6) is 23.0 Å². The van der Waals surface area contributed by atoms with Crippen molar-refractivity contribution in [1.82, 2.24) is 10.2 Å². The minimum absolute atomic E-state index is 0.0803. The van der Waals surface area contributed by atoms with Gasteiger partial charge in [-0.2, -0.15) is 0 Å². The van der Waals surface area contributed by atoms with Gasteiger partial charge in [-0.15, -0.1) is 0 Å². The van der Waals surface area contributed by atoms with Crippen LogP contribution in [0.25, 0.3) is 0 Å². The molecule has 0 radical (unpaired) electrons. The van der Waals surface area contributed by atoms with E-state index in [1.165, 1.54) is 5.56 Å². The first kappa shape index (κ1) is 20.1. The number of rotatable bonds is 5. The summed E-state index contributed by atoms with van der Waals surface area (Å²) in [5, 5.41) is 3.81. The van der Waals surface area contributed by atoms with Crippen LogP contribution in [0.3, 0.4) is 0 Å². The van der Waals surface area contributed by atoms with E-state index in [-0.39, 0.29) is 6.04 Å². The highest BCUT2D eigenvalue weighted by Gasteiger charge is 2.32. The molecule has 0 spiro atoms. The molecular formula is C21H26N2O4S. The molecule has 1 atom stereocenters. The molecule has 0 aromatic heterocycles. The Labute approximate surface area is 171 Å². The molecule has 6 nitrogen and oxygen atoms in total. The molecule has 1 heterocycles. The fraction of sp³-hybridized carbons (Fsp3) is 0.381. The van der Waals surface area contributed by atoms with E-state index in [2.05, 4.69) is 16.3 Å². The zero-order chi connectivity index (χ0) is 20.3. The Balaban J connectivity index is 2.18. The van der Waals surface area contributed by atoms with E-state index in [0.717, 1.165) is 29.8 Å². The number of nitrogens with zero attached hydrogens (tertiary/aromatic N) is 1. The van der Waals surface area contributed by atoms with Crippen LogP contribution in [0.2, 0.25) is 0 Å². The largest absolute Gasteiger partial charge is 0.493 e. The summed E-state index contributed by atoms with van der Waals surface area (Å²) in [4.78, 5) is 2.19. The molecule has 28 heavy (non-hydrogen) atoms. The normalized spacial score (nSPS) is 15.5. The van der Waals surface area contributed by atoms with Gasteiger partial charge in [0.2, 0.25) is 0 Å². The van der Waals surface area contributed by atoms with Crippen LogP contribution in [-0.2, 0) is 6.42 Å². The summed E-state index contributed by atoms with van der Waals surface area (Å²) < 4.78 is 22.0. The second kappa shape index (κ2) is 8.56. The van der Waals surface area contributed by atoms with Crippen molar-refractivity contribution in [2.75, 3.05) is 42.0 Å². The highest BCUT2D eigenvalue weighted by Crippen LogP contribution is 2.42. The molecule has 2 aromatic carbocycles. The van der Waals surface area contributed by atoms with Gasteiger partial charge >= 0.3 is 0 Å². The summed E-state index contributed by atoms with van der Waals surface area (Å²) in [7, 11) is 8.42. The summed E-state index contributed by atoms with van der Waals surface area (Å²) in [6.07, 6.45) is 0.862. The van der Waals surface area contributed by atoms with Gasteiger partial charge in [-0.05, 0) is 59.6 Å². The van der Waals surface area contributed by atoms with E-state index in [1.807, 2.05) is 31.3 Å². The standard InChI is InChI=1S/C21H26N2O4S/c1-22-21(28)23-9-8-13-10-18(26-4)19(27-5)12-15(13)20(23)14-6-7-16(24-2)17(11-14)25-3/h6-7,10-12,20H,8-9H2,1-5H3,(H,22,28)/t20-/m0/s1. The lowest BCUT2D eigenvalue weighted by Crippen LogP contribution is -2.44. The molecule has 0 saturated heterocycles. The smallest absolute Gasteiger partial charge is 0.169 e. The third kappa shape index (κ3) is 3.54. The lowest BCUT2D eigenvalue weighted by molar-refractivity contribution is 0.322. The van der Waals surface area contributed by atoms with Crippen LogP contribution >= 0.6 is 12.2 Å². The summed E-state index contributed by atoms with van der Waals surface area (Å²) in [6.45, 7) is 0.793. The summed E-state index contributed by atoms with van der Waals surface area (Å²) in [6, 6.07) is 9.98. The van der Waals surface area contributed by atoms with E-state index in [9.17, 15) is 0 Å². The van der Waals surface area contributed by atoms with Gasteiger partial charge < -0.3 is 29.2 Å². The predicted molar refractivity (Wildman–Crippen MR) is 113 cm³/mol. The van der Waals surface area contributed by atoms with Crippen molar-refractivity contribution in [3.05, 3.63) is 47.0 Å². The molecule has 0 unspecified atom stereocenters. The Morgan fingerprint density at radius 2 is 1.54 bits per heavy atom. The van der Waals surface area contributed by atoms with Crippen molar-refractivity contribution in [3.8, 4) is 23.0 Å². The van der Waals surface area contributed by atoms with Gasteiger partial charge in [0.25, 0.3) is 0 Å². The van der Waals surface area contributed by atoms with Crippen molar-refractivity contribution in [2.45, 2.75) is 12.5 Å². The lowest BCUT2D eigenvalue weighted by Gasteiger charge is -2.39. The zero-order valence-corrected chi connectivity index (χ0v) is 17.7. The Bertz CT molecular complexity index is 872. The SMILES string of the molecule is CNC(=S)N1CCc2cc(OC)c(OC)cc2[C@@H]1c1ccc(OC)c(OC)c1. The fourth-order valence-electron chi connectivity index (χ4n) is 3.69. The zero-order valence-electron chi connectivity index (χ0n) is 16.9. The molecule has 2 aromatic rings. The van der Waals surface area contributed by atoms with Crippen LogP contribution < -0.4 is 24.3 Å². The molecule has 150 valence electrons. The van der Waals surface area contributed by atoms with Crippen LogP contribution in [-0.4, -0.2) is 52.0 Å². The average molecular weight is 403 g/mol. The number of ether oxygens (including phenoxy) is 4. The van der Waals surface area contributed by atoms with Crippen molar-refractivity contribution < 1.29 is 18.9 Å². The number of benzene rings is 2. The summed E-state index contributed by atoms with van der Waals surface area (Å²) >= 11 is 5.60. The van der Waals surface area contributed by atoms with Crippen LogP contribution in [0, 0.1) is 0 Å². The number of hydrogen-bond acceptors (Lipinski definition) is 5. The predicted octanol–water partition coefficient (Wildman–Crippen LogP) is 3.17. The third-order valence-corrected chi connectivity index (χ3v) is 5.51. The van der Waals surface area contributed by atoms with Gasteiger partial charge in [0, 0.05) is 13.6 Å². The average Bonchev–Trinajstić information content (AvgIpc) is 2.75. The Morgan fingerprint density at radius 1 is 0.929 bits per heavy atom. The number of methoxy groups -OCH3 is 4. The molecule has 1 aliphatic rings. The topological polar surface area (TPSA) is 52.2 Å². The van der Waals surface area contributed by atoms with Gasteiger partial charge in [-0.1, -0.05) is 6.07 Å². The highest BCUT2D eigenvalue weighted by atomic mass is 32.1. The minimum Gasteiger partial charge on any atom is -0.493 e. The number of hydrogen-bond donors (Lipinski definition) is 1. The van der Waals surface area contributed by atoms with Crippen LogP contribution in [0.1, 0.15) is 22.7 Å². The molecule has 0 saturated carbocycles. The van der Waals surface area contributed by atoms with Crippen LogP contribution in [0.4, 0.5) is 0 Å². The van der Waals surface area contributed by atoms with Gasteiger partial charge in [0.15, 0.2) is 28.1 Å². The van der Waals surface area contributed by atoms with Crippen molar-refractivity contribution in [2.24, 2.45) is 0 Å². The van der Waals surface area contributed by atoms with Gasteiger partial charge in [-0.3, -0.25) is 0 Å². The highest BCUT2D eigenvalue weighted by molar-refractivity contribution is 7.80. The number of nitrogens with one attached hydrogen (secondary N) is 1. The van der Waals surface area contributed by atoms with E-state index < -0.39 is 0 Å². The first-order valence-corrected chi connectivity index (χ1v) is 9.43. The van der Waals surface area contributed by atoms with Crippen molar-refractivity contribution in [1.29, 1.82) is 0 Å². The van der Waals surface area contributed by atoms with Crippen molar-refractivity contribution in [3.63, 3.8) is 0 Å². The van der Waals surface area contributed by atoms with Gasteiger partial charge in [0.1, 0.15) is 0 Å². The third-order valence-electron chi connectivity index (χ3n) is 5.07. The summed E-state index contributed by atoms with van der Waals surface area (Å²) in [5.41, 5.74) is 3.41. The molecule has 0 amide bonds. The van der Waals surface area contributed by atoms with Crippen molar-refractivity contribution >= 4 is 17.3 Å². The number of fused-ring (bicyclic) bond motifs is 1. The minimum atomic E-state index is -0.0803. The molecule has 7 heteroatoms. The van der Waals surface area contributed by atoms with E-state index in [4.69, 9.17) is 31.2 Å². The van der Waals surface area contributed by atoms with Crippen LogP contribution in [0.15, 0.2) is 30.3 Å². The van der Waals surface area contributed by atoms with E-state index in [0.29, 0.717) is 22.4 Å². The molecule has 0 bridgehead atoms. The lowest BCUT2D eigenvalue weighted by atomic mass is 9.87. The Kier molecular flexibility index (Phi) is 6.14. The Morgan fingerprint density at radius 3 is 2.14 bits per heavy atom. The van der Waals surface area contributed by atoms with E-state index >= 15 is 0 Å².